The number of unbranched alkanes of at least 4 members (excludes halogenated alkanes) is 32. The second kappa shape index (κ2) is 68.0. The molecule has 5 atom stereocenters. The smallest absolute Gasteiger partial charge is 0.462 e. The van der Waals surface area contributed by atoms with Gasteiger partial charge in [-0.05, 0) is 109 Å². The van der Waals surface area contributed by atoms with Crippen molar-refractivity contribution in [1.82, 2.24) is 0 Å². The van der Waals surface area contributed by atoms with Crippen LogP contribution >= 0.6 is 15.6 Å². The standard InChI is InChI=1S/C75H134O17P2/c1-5-9-13-17-21-25-29-32-34-37-40-43-47-51-55-59-72(77)85-65-70(91-74(79)61-57-53-49-45-39-28-24-20-16-12-8-4)67-89-93(81,82)87-63-69(76)64-88-94(83,84)90-68-71(92-75(80)62-58-54-50-46-42-36-31-27-23-19-15-11-7-3)66-86-73(78)60-56-52-48-44-41-38-35-33-30-26-22-18-14-10-6-2/h10,14,20,22,24,26,32-35,41,44,69-71,76H,5-9,11-13,15-19,21,23,25,27-31,36-40,42-43,45-68H2,1-4H3,(H,81,82)(H,83,84)/b14-10-,24-20-,26-22-,34-32-,35-33-,44-41-. The molecule has 0 saturated heterocycles. The first kappa shape index (κ1) is 90.5. The van der Waals surface area contributed by atoms with E-state index in [2.05, 4.69) is 101 Å². The van der Waals surface area contributed by atoms with E-state index in [1.54, 1.807) is 0 Å². The minimum absolute atomic E-state index is 0.0849. The summed E-state index contributed by atoms with van der Waals surface area (Å²) in [5.41, 5.74) is 0. The molecule has 17 nitrogen and oxygen atoms in total. The lowest BCUT2D eigenvalue weighted by Gasteiger charge is -2.21. The summed E-state index contributed by atoms with van der Waals surface area (Å²) in [5.74, 6) is -2.22. The van der Waals surface area contributed by atoms with Gasteiger partial charge in [-0.15, -0.1) is 0 Å². The zero-order valence-electron chi connectivity index (χ0n) is 59.4. The first-order chi connectivity index (χ1) is 45.7. The molecular formula is C75H134O17P2. The summed E-state index contributed by atoms with van der Waals surface area (Å²) in [6.07, 6.45) is 66.2. The Morgan fingerprint density at radius 2 is 0.564 bits per heavy atom. The number of carbonyl (C=O) groups excluding carboxylic acids is 4. The third-order valence-electron chi connectivity index (χ3n) is 15.7. The van der Waals surface area contributed by atoms with E-state index >= 15 is 0 Å². The molecule has 0 bridgehead atoms. The molecule has 19 heteroatoms. The number of phosphoric acid groups is 2. The van der Waals surface area contributed by atoms with Gasteiger partial charge in [0.25, 0.3) is 0 Å². The third-order valence-corrected chi connectivity index (χ3v) is 17.6. The quantitative estimate of drug-likeness (QED) is 0.0169. The van der Waals surface area contributed by atoms with Crippen LogP contribution in [0.1, 0.15) is 323 Å². The highest BCUT2D eigenvalue weighted by Gasteiger charge is 2.30. The molecule has 3 N–H and O–H groups in total. The fourth-order valence-electron chi connectivity index (χ4n) is 9.95. The van der Waals surface area contributed by atoms with E-state index in [-0.39, 0.29) is 25.7 Å². The van der Waals surface area contributed by atoms with Crippen molar-refractivity contribution in [2.75, 3.05) is 39.6 Å². The summed E-state index contributed by atoms with van der Waals surface area (Å²) in [4.78, 5) is 72.7. The van der Waals surface area contributed by atoms with Crippen LogP contribution in [0.2, 0.25) is 0 Å². The highest BCUT2D eigenvalue weighted by atomic mass is 31.2. The molecule has 0 radical (unpaired) electrons. The molecule has 546 valence electrons. The zero-order valence-corrected chi connectivity index (χ0v) is 61.2. The number of hydrogen-bond acceptors (Lipinski definition) is 15. The Hall–Kier alpha value is -3.50. The van der Waals surface area contributed by atoms with Gasteiger partial charge in [0.15, 0.2) is 12.2 Å². The molecule has 0 aliphatic carbocycles. The van der Waals surface area contributed by atoms with Gasteiger partial charge in [0.1, 0.15) is 19.3 Å². The van der Waals surface area contributed by atoms with Gasteiger partial charge in [-0.3, -0.25) is 37.3 Å². The van der Waals surface area contributed by atoms with Gasteiger partial charge in [0.2, 0.25) is 0 Å². The molecule has 5 unspecified atom stereocenters. The van der Waals surface area contributed by atoms with Crippen molar-refractivity contribution in [3.05, 3.63) is 72.9 Å². The van der Waals surface area contributed by atoms with Crippen molar-refractivity contribution in [3.8, 4) is 0 Å². The van der Waals surface area contributed by atoms with Gasteiger partial charge in [0, 0.05) is 25.7 Å². The molecule has 0 amide bonds. The maximum atomic E-state index is 13.0. The average molecular weight is 1370 g/mol. The van der Waals surface area contributed by atoms with E-state index in [1.165, 1.54) is 103 Å². The lowest BCUT2D eigenvalue weighted by molar-refractivity contribution is -0.161. The number of esters is 4. The highest BCUT2D eigenvalue weighted by Crippen LogP contribution is 2.45. The Labute approximate surface area is 571 Å². The first-order valence-corrected chi connectivity index (χ1v) is 40.2. The van der Waals surface area contributed by atoms with E-state index < -0.39 is 97.5 Å². The van der Waals surface area contributed by atoms with Gasteiger partial charge >= 0.3 is 39.5 Å². The minimum Gasteiger partial charge on any atom is -0.462 e. The number of rotatable bonds is 70. The largest absolute Gasteiger partial charge is 0.472 e. The van der Waals surface area contributed by atoms with Crippen molar-refractivity contribution < 1.29 is 80.2 Å². The number of aliphatic hydroxyl groups is 1. The van der Waals surface area contributed by atoms with Crippen LogP contribution in [-0.2, 0) is 65.4 Å². The number of hydrogen-bond donors (Lipinski definition) is 3. The van der Waals surface area contributed by atoms with E-state index in [0.717, 1.165) is 141 Å². The Morgan fingerprint density at radius 3 is 0.915 bits per heavy atom. The molecule has 0 aromatic heterocycles. The van der Waals surface area contributed by atoms with E-state index in [4.69, 9.17) is 37.0 Å². The molecule has 0 heterocycles. The lowest BCUT2D eigenvalue weighted by atomic mass is 10.0. The molecule has 0 aromatic rings. The van der Waals surface area contributed by atoms with Crippen molar-refractivity contribution >= 4 is 39.5 Å². The van der Waals surface area contributed by atoms with E-state index in [9.17, 15) is 43.2 Å². The van der Waals surface area contributed by atoms with Gasteiger partial charge in [-0.2, -0.15) is 0 Å². The molecule has 0 aliphatic heterocycles. The third kappa shape index (κ3) is 67.1. The summed E-state index contributed by atoms with van der Waals surface area (Å²) in [7, 11) is -9.94. The highest BCUT2D eigenvalue weighted by molar-refractivity contribution is 7.47. The fourth-order valence-corrected chi connectivity index (χ4v) is 11.5. The summed E-state index contributed by atoms with van der Waals surface area (Å²) in [6.45, 7) is 4.67. The molecular weight excluding hydrogens is 1230 g/mol. The topological polar surface area (TPSA) is 237 Å². The van der Waals surface area contributed by atoms with Crippen LogP contribution in [0, 0.1) is 0 Å². The SMILES string of the molecule is CC/C=C\C/C=C\C/C=C\C/C=C\CCCCC(=O)OCC(COP(=O)(O)OCC(O)COP(=O)(O)OCC(COC(=O)CCCCCCC/C=C\CCCCCCCC)OC(=O)CCCCCCC/C=C\CCCC)OC(=O)CCCCCCCCCCCCCCC. The number of carbonyl (C=O) groups is 4. The average Bonchev–Trinajstić information content (AvgIpc) is 1.55. The predicted molar refractivity (Wildman–Crippen MR) is 381 cm³/mol. The van der Waals surface area contributed by atoms with E-state index in [1.807, 2.05) is 0 Å². The second-order valence-electron chi connectivity index (χ2n) is 24.9. The normalized spacial score (nSPS) is 14.4. The number of phosphoric ester groups is 2. The minimum atomic E-state index is -4.97. The molecule has 0 aromatic carbocycles. The molecule has 0 spiro atoms. The van der Waals surface area contributed by atoms with Gasteiger partial charge in [-0.1, -0.05) is 261 Å². The molecule has 0 aliphatic rings. The Kier molecular flexibility index (Phi) is 65.5. The second-order valence-corrected chi connectivity index (χ2v) is 27.8. The van der Waals surface area contributed by atoms with Crippen molar-refractivity contribution in [2.45, 2.75) is 341 Å². The Bertz CT molecular complexity index is 2070. The monoisotopic (exact) mass is 1370 g/mol. The van der Waals surface area contributed by atoms with Crippen LogP contribution < -0.4 is 0 Å². The van der Waals surface area contributed by atoms with E-state index in [0.29, 0.717) is 25.7 Å². The van der Waals surface area contributed by atoms with Crippen LogP contribution in [0.25, 0.3) is 0 Å². The maximum absolute atomic E-state index is 13.0. The number of allylic oxidation sites excluding steroid dienone is 12. The summed E-state index contributed by atoms with van der Waals surface area (Å²) in [6, 6.07) is 0. The lowest BCUT2D eigenvalue weighted by Crippen LogP contribution is -2.30. The van der Waals surface area contributed by atoms with Crippen LogP contribution in [0.15, 0.2) is 72.9 Å². The number of aliphatic hydroxyl groups excluding tert-OH is 1. The van der Waals surface area contributed by atoms with Crippen LogP contribution in [0.4, 0.5) is 0 Å². The Morgan fingerprint density at radius 1 is 0.309 bits per heavy atom. The first-order valence-electron chi connectivity index (χ1n) is 37.2. The van der Waals surface area contributed by atoms with Gasteiger partial charge in [-0.25, -0.2) is 9.13 Å². The Balaban J connectivity index is 5.33. The molecule has 0 saturated carbocycles. The summed E-state index contributed by atoms with van der Waals surface area (Å²) >= 11 is 0. The predicted octanol–water partition coefficient (Wildman–Crippen LogP) is 20.9. The molecule has 94 heavy (non-hydrogen) atoms. The molecule has 0 fully saturated rings. The summed E-state index contributed by atoms with van der Waals surface area (Å²) in [5, 5.41) is 10.6. The van der Waals surface area contributed by atoms with Crippen LogP contribution in [0.3, 0.4) is 0 Å². The number of ether oxygens (including phenoxy) is 4. The van der Waals surface area contributed by atoms with Crippen LogP contribution in [-0.4, -0.2) is 96.7 Å². The summed E-state index contributed by atoms with van der Waals surface area (Å²) < 4.78 is 68.3. The van der Waals surface area contributed by atoms with Crippen molar-refractivity contribution in [3.63, 3.8) is 0 Å². The van der Waals surface area contributed by atoms with Gasteiger partial charge < -0.3 is 33.8 Å². The molecule has 0 rings (SSSR count). The van der Waals surface area contributed by atoms with Crippen molar-refractivity contribution in [1.29, 1.82) is 0 Å². The van der Waals surface area contributed by atoms with Gasteiger partial charge in [0.05, 0.1) is 26.4 Å². The zero-order chi connectivity index (χ0) is 69.0. The van der Waals surface area contributed by atoms with Crippen LogP contribution in [0.5, 0.6) is 0 Å². The maximum Gasteiger partial charge on any atom is 0.472 e. The fraction of sp³-hybridized carbons (Fsp3) is 0.787. The van der Waals surface area contributed by atoms with Crippen molar-refractivity contribution in [2.24, 2.45) is 0 Å².